The number of pyridine rings is 1. The number of halogens is 2. The first kappa shape index (κ1) is 29.8. The summed E-state index contributed by atoms with van der Waals surface area (Å²) in [5.74, 6) is -1.15. The summed E-state index contributed by atoms with van der Waals surface area (Å²) in [4.78, 5) is 20.9. The highest BCUT2D eigenvalue weighted by atomic mass is 19.1. The minimum absolute atomic E-state index is 0.0248. The maximum atomic E-state index is 14.1. The predicted molar refractivity (Wildman–Crippen MR) is 153 cm³/mol. The lowest BCUT2D eigenvalue weighted by molar-refractivity contribution is -0.164. The molecule has 1 aliphatic heterocycles. The quantitative estimate of drug-likeness (QED) is 0.286. The zero-order valence-electron chi connectivity index (χ0n) is 24.8. The summed E-state index contributed by atoms with van der Waals surface area (Å²) in [7, 11) is 1.35. The van der Waals surface area contributed by atoms with Crippen LogP contribution in [-0.2, 0) is 32.8 Å². The van der Waals surface area contributed by atoms with Crippen LogP contribution in [0.1, 0.15) is 88.6 Å². The summed E-state index contributed by atoms with van der Waals surface area (Å²) in [5.41, 5.74) is 4.95. The van der Waals surface area contributed by atoms with E-state index in [1.54, 1.807) is 24.3 Å². The lowest BCUT2D eigenvalue weighted by Gasteiger charge is -2.42. The van der Waals surface area contributed by atoms with Crippen LogP contribution >= 0.6 is 0 Å². The van der Waals surface area contributed by atoms with E-state index in [9.17, 15) is 13.6 Å². The minimum atomic E-state index is -1.03. The third-order valence-electron chi connectivity index (χ3n) is 7.15. The van der Waals surface area contributed by atoms with Crippen LogP contribution in [0.3, 0.4) is 0 Å². The normalized spacial score (nSPS) is 16.1. The summed E-state index contributed by atoms with van der Waals surface area (Å²) in [6, 6.07) is 12.9. The Labute approximate surface area is 236 Å². The van der Waals surface area contributed by atoms with Crippen molar-refractivity contribution < 1.29 is 23.0 Å². The van der Waals surface area contributed by atoms with Gasteiger partial charge in [-0.25, -0.2) is 13.6 Å². The Hall–Kier alpha value is -3.16. The molecule has 1 atom stereocenters. The van der Waals surface area contributed by atoms with Gasteiger partial charge in [-0.1, -0.05) is 52.0 Å². The van der Waals surface area contributed by atoms with Crippen LogP contribution in [-0.4, -0.2) is 35.1 Å². The van der Waals surface area contributed by atoms with E-state index >= 15 is 0 Å². The number of rotatable bonds is 7. The van der Waals surface area contributed by atoms with E-state index in [1.807, 2.05) is 20.8 Å². The summed E-state index contributed by atoms with van der Waals surface area (Å²) in [6.45, 7) is 16.0. The summed E-state index contributed by atoms with van der Waals surface area (Å²) >= 11 is 0. The van der Waals surface area contributed by atoms with Crippen molar-refractivity contribution in [1.82, 2.24) is 9.88 Å². The Morgan fingerprint density at radius 3 is 2.12 bits per heavy atom. The van der Waals surface area contributed by atoms with Crippen molar-refractivity contribution in [3.63, 3.8) is 0 Å². The number of methoxy groups -OCH3 is 1. The van der Waals surface area contributed by atoms with Crippen LogP contribution in [0.2, 0.25) is 0 Å². The van der Waals surface area contributed by atoms with Crippen LogP contribution in [0.25, 0.3) is 11.1 Å². The van der Waals surface area contributed by atoms with Crippen LogP contribution in [0, 0.1) is 11.6 Å². The topological polar surface area (TPSA) is 51.7 Å². The highest BCUT2D eigenvalue weighted by Crippen LogP contribution is 2.45. The fraction of sp³-hybridized carbons (Fsp3) is 0.455. The Morgan fingerprint density at radius 2 is 1.60 bits per heavy atom. The number of carbonyl (C=O) groups is 1. The van der Waals surface area contributed by atoms with E-state index in [2.05, 4.69) is 32.6 Å². The number of hydrogen-bond donors (Lipinski definition) is 0. The molecule has 2 heterocycles. The number of benzene rings is 2. The number of esters is 1. The molecule has 1 aliphatic rings. The zero-order valence-corrected chi connectivity index (χ0v) is 24.8. The van der Waals surface area contributed by atoms with E-state index in [4.69, 9.17) is 14.5 Å². The lowest BCUT2D eigenvalue weighted by atomic mass is 9.76. The van der Waals surface area contributed by atoms with Crippen molar-refractivity contribution in [2.75, 3.05) is 13.7 Å². The first-order valence-electron chi connectivity index (χ1n) is 13.8. The van der Waals surface area contributed by atoms with Crippen LogP contribution in [0.5, 0.6) is 0 Å². The second-order valence-corrected chi connectivity index (χ2v) is 12.6. The maximum absolute atomic E-state index is 14.1. The third-order valence-corrected chi connectivity index (χ3v) is 7.15. The Balaban J connectivity index is 2.01. The molecule has 0 saturated heterocycles. The van der Waals surface area contributed by atoms with Crippen LogP contribution < -0.4 is 0 Å². The molecule has 7 heteroatoms. The number of aromatic nitrogens is 1. The van der Waals surface area contributed by atoms with E-state index < -0.39 is 17.7 Å². The molecule has 4 rings (SSSR count). The van der Waals surface area contributed by atoms with Crippen molar-refractivity contribution in [3.05, 3.63) is 88.2 Å². The summed E-state index contributed by atoms with van der Waals surface area (Å²) in [6.07, 6.45) is -1.03. The molecule has 0 fully saturated rings. The number of nitrogens with zero attached hydrogens (tertiary/aromatic N) is 2. The van der Waals surface area contributed by atoms with E-state index in [-0.39, 0.29) is 23.0 Å². The standard InChI is InChI=1S/C33H40F2N2O3/c1-20(2)28-27(29(31(38)39-8)40-32(3,4)5)26(22-11-15-24(35)16-12-22)25-18-37(19-33(6,7)30(25)36-28)17-21-9-13-23(34)14-10-21/h9-16,20,29H,17-19H2,1-8H3. The van der Waals surface area contributed by atoms with Gasteiger partial charge in [0.15, 0.2) is 6.10 Å². The number of ether oxygens (including phenoxy) is 2. The third kappa shape index (κ3) is 6.42. The lowest BCUT2D eigenvalue weighted by Crippen LogP contribution is -2.43. The van der Waals surface area contributed by atoms with E-state index in [0.717, 1.165) is 40.2 Å². The van der Waals surface area contributed by atoms with Crippen molar-refractivity contribution in [2.24, 2.45) is 0 Å². The summed E-state index contributed by atoms with van der Waals surface area (Å²) in [5, 5.41) is 0. The first-order chi connectivity index (χ1) is 18.7. The summed E-state index contributed by atoms with van der Waals surface area (Å²) < 4.78 is 39.4. The number of fused-ring (bicyclic) bond motifs is 1. The second kappa shape index (κ2) is 11.4. The first-order valence-corrected chi connectivity index (χ1v) is 13.8. The van der Waals surface area contributed by atoms with Gasteiger partial charge in [0.2, 0.25) is 0 Å². The molecule has 0 radical (unpaired) electrons. The molecular weight excluding hydrogens is 510 g/mol. The van der Waals surface area contributed by atoms with E-state index in [1.165, 1.54) is 31.4 Å². The molecule has 0 aliphatic carbocycles. The Kier molecular flexibility index (Phi) is 8.48. The fourth-order valence-corrected chi connectivity index (χ4v) is 5.58. The van der Waals surface area contributed by atoms with Gasteiger partial charge in [-0.05, 0) is 73.2 Å². The van der Waals surface area contributed by atoms with Crippen molar-refractivity contribution in [2.45, 2.75) is 84.6 Å². The van der Waals surface area contributed by atoms with Crippen molar-refractivity contribution in [3.8, 4) is 11.1 Å². The van der Waals surface area contributed by atoms with E-state index in [0.29, 0.717) is 18.7 Å². The molecule has 0 N–H and O–H groups in total. The average molecular weight is 551 g/mol. The van der Waals surface area contributed by atoms with Crippen molar-refractivity contribution in [1.29, 1.82) is 0 Å². The molecule has 0 amide bonds. The smallest absolute Gasteiger partial charge is 0.339 e. The van der Waals surface area contributed by atoms with Crippen molar-refractivity contribution >= 4 is 5.97 Å². The van der Waals surface area contributed by atoms with Crippen LogP contribution in [0.15, 0.2) is 48.5 Å². The Morgan fingerprint density at radius 1 is 1.02 bits per heavy atom. The Bertz CT molecular complexity index is 1360. The van der Waals surface area contributed by atoms with Gasteiger partial charge in [-0.3, -0.25) is 9.88 Å². The number of carbonyl (C=O) groups excluding carboxylic acids is 1. The monoisotopic (exact) mass is 550 g/mol. The van der Waals surface area contributed by atoms with Gasteiger partial charge in [0.25, 0.3) is 0 Å². The molecule has 2 aromatic carbocycles. The number of hydrogen-bond acceptors (Lipinski definition) is 5. The molecule has 214 valence electrons. The van der Waals surface area contributed by atoms with Gasteiger partial charge < -0.3 is 9.47 Å². The SMILES string of the molecule is COC(=O)C(OC(C)(C)C)c1c(C(C)C)nc2c(c1-c1ccc(F)cc1)CN(Cc1ccc(F)cc1)CC2(C)C. The molecule has 5 nitrogen and oxygen atoms in total. The highest BCUT2D eigenvalue weighted by molar-refractivity contribution is 5.84. The molecular formula is C33H40F2N2O3. The molecule has 0 spiro atoms. The van der Waals surface area contributed by atoms with Gasteiger partial charge in [0, 0.05) is 30.6 Å². The molecule has 3 aromatic rings. The fourth-order valence-electron chi connectivity index (χ4n) is 5.58. The highest BCUT2D eigenvalue weighted by Gasteiger charge is 2.41. The van der Waals surface area contributed by atoms with Gasteiger partial charge in [-0.2, -0.15) is 0 Å². The van der Waals surface area contributed by atoms with Gasteiger partial charge >= 0.3 is 5.97 Å². The molecule has 1 unspecified atom stereocenters. The molecule has 1 aromatic heterocycles. The largest absolute Gasteiger partial charge is 0.467 e. The second-order valence-electron chi connectivity index (χ2n) is 12.6. The zero-order chi connectivity index (χ0) is 29.4. The van der Waals surface area contributed by atoms with Gasteiger partial charge in [0.1, 0.15) is 11.6 Å². The molecule has 40 heavy (non-hydrogen) atoms. The maximum Gasteiger partial charge on any atom is 0.339 e. The molecule has 0 bridgehead atoms. The average Bonchev–Trinajstić information content (AvgIpc) is 2.87. The minimum Gasteiger partial charge on any atom is -0.467 e. The molecule has 0 saturated carbocycles. The van der Waals surface area contributed by atoms with Gasteiger partial charge in [0.05, 0.1) is 24.1 Å². The predicted octanol–water partition coefficient (Wildman–Crippen LogP) is 7.47. The van der Waals surface area contributed by atoms with Crippen LogP contribution in [0.4, 0.5) is 8.78 Å². The van der Waals surface area contributed by atoms with Gasteiger partial charge in [-0.15, -0.1) is 0 Å².